The standard InChI is InChI=1S/C19H22N6O/c1-14(20)13-18(26)21-17-9-7-15(8-10-17)11-12-25-23-19(22-24-25)16-5-3-2-4-6-16/h2-10,14H,11-13,20H2,1H3,(H,21,26). The normalized spacial score (nSPS) is 11.9. The Morgan fingerprint density at radius 2 is 1.88 bits per heavy atom. The molecule has 26 heavy (non-hydrogen) atoms. The minimum atomic E-state index is -0.148. The van der Waals surface area contributed by atoms with Crippen LogP contribution in [-0.2, 0) is 17.8 Å². The van der Waals surface area contributed by atoms with E-state index in [1.54, 1.807) is 4.80 Å². The van der Waals surface area contributed by atoms with Crippen molar-refractivity contribution in [3.63, 3.8) is 0 Å². The Bertz CT molecular complexity index is 842. The van der Waals surface area contributed by atoms with Crippen molar-refractivity contribution >= 4 is 11.6 Å². The average molecular weight is 350 g/mol. The van der Waals surface area contributed by atoms with Crippen LogP contribution in [0, 0.1) is 0 Å². The zero-order valence-electron chi connectivity index (χ0n) is 14.7. The van der Waals surface area contributed by atoms with Crippen molar-refractivity contribution in [3.8, 4) is 11.4 Å². The third-order valence-electron chi connectivity index (χ3n) is 3.83. The first-order valence-corrected chi connectivity index (χ1v) is 8.58. The summed E-state index contributed by atoms with van der Waals surface area (Å²) < 4.78 is 0. The predicted octanol–water partition coefficient (Wildman–Crippen LogP) is 2.26. The topological polar surface area (TPSA) is 98.7 Å². The number of nitrogens with one attached hydrogen (secondary N) is 1. The van der Waals surface area contributed by atoms with Crippen molar-refractivity contribution in [2.24, 2.45) is 5.73 Å². The summed E-state index contributed by atoms with van der Waals surface area (Å²) in [6, 6.07) is 17.4. The van der Waals surface area contributed by atoms with Gasteiger partial charge < -0.3 is 11.1 Å². The molecule has 0 radical (unpaired) electrons. The molecule has 134 valence electrons. The zero-order chi connectivity index (χ0) is 18.4. The van der Waals surface area contributed by atoms with Gasteiger partial charge in [-0.1, -0.05) is 42.5 Å². The summed E-state index contributed by atoms with van der Waals surface area (Å²) in [5.74, 6) is 0.547. The molecular formula is C19H22N6O. The van der Waals surface area contributed by atoms with E-state index in [1.165, 1.54) is 0 Å². The van der Waals surface area contributed by atoms with Crippen LogP contribution in [0.2, 0.25) is 0 Å². The van der Waals surface area contributed by atoms with Crippen molar-refractivity contribution in [3.05, 3.63) is 60.2 Å². The summed E-state index contributed by atoms with van der Waals surface area (Å²) in [6.07, 6.45) is 1.09. The summed E-state index contributed by atoms with van der Waals surface area (Å²) in [5.41, 5.74) is 8.48. The van der Waals surface area contributed by atoms with E-state index in [1.807, 2.05) is 61.5 Å². The van der Waals surface area contributed by atoms with Crippen molar-refractivity contribution in [1.29, 1.82) is 0 Å². The van der Waals surface area contributed by atoms with Gasteiger partial charge in [-0.25, -0.2) is 0 Å². The lowest BCUT2D eigenvalue weighted by atomic mass is 10.1. The molecule has 1 amide bonds. The zero-order valence-corrected chi connectivity index (χ0v) is 14.7. The first-order valence-electron chi connectivity index (χ1n) is 8.58. The van der Waals surface area contributed by atoms with Crippen molar-refractivity contribution in [2.75, 3.05) is 5.32 Å². The molecule has 0 spiro atoms. The van der Waals surface area contributed by atoms with Crippen molar-refractivity contribution < 1.29 is 4.79 Å². The number of aromatic nitrogens is 4. The van der Waals surface area contributed by atoms with Gasteiger partial charge in [-0.2, -0.15) is 4.80 Å². The molecule has 1 aromatic heterocycles. The molecule has 0 bridgehead atoms. The van der Waals surface area contributed by atoms with Gasteiger partial charge in [0.1, 0.15) is 0 Å². The van der Waals surface area contributed by atoms with Gasteiger partial charge in [-0.3, -0.25) is 4.79 Å². The van der Waals surface area contributed by atoms with Gasteiger partial charge >= 0.3 is 0 Å². The molecule has 3 rings (SSSR count). The maximum atomic E-state index is 11.7. The largest absolute Gasteiger partial charge is 0.327 e. The molecule has 2 aromatic carbocycles. The summed E-state index contributed by atoms with van der Waals surface area (Å²) in [5, 5.41) is 15.4. The van der Waals surface area contributed by atoms with Crippen LogP contribution < -0.4 is 11.1 Å². The SMILES string of the molecule is CC(N)CC(=O)Nc1ccc(CCn2nnc(-c3ccccc3)n2)cc1. The Labute approximate surface area is 152 Å². The van der Waals surface area contributed by atoms with E-state index in [-0.39, 0.29) is 11.9 Å². The lowest BCUT2D eigenvalue weighted by Gasteiger charge is -2.08. The molecule has 3 aromatic rings. The fourth-order valence-electron chi connectivity index (χ4n) is 2.53. The Balaban J connectivity index is 1.54. The molecule has 7 nitrogen and oxygen atoms in total. The number of nitrogens with zero attached hydrogens (tertiary/aromatic N) is 4. The van der Waals surface area contributed by atoms with E-state index < -0.39 is 0 Å². The maximum Gasteiger partial charge on any atom is 0.225 e. The van der Waals surface area contributed by atoms with Crippen LogP contribution in [0.5, 0.6) is 0 Å². The number of tetrazole rings is 1. The first kappa shape index (κ1) is 17.8. The second kappa shape index (κ2) is 8.35. The minimum Gasteiger partial charge on any atom is -0.327 e. The number of amides is 1. The lowest BCUT2D eigenvalue weighted by molar-refractivity contribution is -0.116. The number of carbonyl (C=O) groups is 1. The van der Waals surface area contributed by atoms with Gasteiger partial charge in [0.15, 0.2) is 0 Å². The number of benzene rings is 2. The smallest absolute Gasteiger partial charge is 0.225 e. The van der Waals surface area contributed by atoms with Crippen molar-refractivity contribution in [2.45, 2.75) is 32.4 Å². The fourth-order valence-corrected chi connectivity index (χ4v) is 2.53. The number of hydrogen-bond acceptors (Lipinski definition) is 5. The van der Waals surface area contributed by atoms with Gasteiger partial charge in [-0.15, -0.1) is 10.2 Å². The lowest BCUT2D eigenvalue weighted by Crippen LogP contribution is -2.23. The average Bonchev–Trinajstić information content (AvgIpc) is 3.10. The Morgan fingerprint density at radius 3 is 2.58 bits per heavy atom. The fraction of sp³-hybridized carbons (Fsp3) is 0.263. The molecule has 1 atom stereocenters. The van der Waals surface area contributed by atoms with Gasteiger partial charge in [-0.05, 0) is 36.3 Å². The van der Waals surface area contributed by atoms with Gasteiger partial charge in [0.05, 0.1) is 6.54 Å². The molecular weight excluding hydrogens is 328 g/mol. The number of nitrogens with two attached hydrogens (primary N) is 1. The Kier molecular flexibility index (Phi) is 5.70. The number of anilines is 1. The highest BCUT2D eigenvalue weighted by atomic mass is 16.1. The second-order valence-corrected chi connectivity index (χ2v) is 6.25. The van der Waals surface area contributed by atoms with E-state index >= 15 is 0 Å². The number of hydrogen-bond donors (Lipinski definition) is 2. The molecule has 1 unspecified atom stereocenters. The minimum absolute atomic E-state index is 0.0759. The van der Waals surface area contributed by atoms with Crippen LogP contribution in [0.15, 0.2) is 54.6 Å². The third-order valence-corrected chi connectivity index (χ3v) is 3.83. The molecule has 0 fully saturated rings. The van der Waals surface area contributed by atoms with Gasteiger partial charge in [0, 0.05) is 23.7 Å². The van der Waals surface area contributed by atoms with Crippen LogP contribution in [0.4, 0.5) is 5.69 Å². The molecule has 0 saturated heterocycles. The number of carbonyl (C=O) groups excluding carboxylic acids is 1. The van der Waals surface area contributed by atoms with E-state index in [4.69, 9.17) is 5.73 Å². The molecule has 0 saturated carbocycles. The number of aryl methyl sites for hydroxylation is 2. The number of rotatable bonds is 7. The summed E-state index contributed by atoms with van der Waals surface area (Å²) in [4.78, 5) is 13.3. The summed E-state index contributed by atoms with van der Waals surface area (Å²) in [7, 11) is 0. The first-order chi connectivity index (χ1) is 12.6. The second-order valence-electron chi connectivity index (χ2n) is 6.25. The van der Waals surface area contributed by atoms with E-state index in [9.17, 15) is 4.79 Å². The molecule has 3 N–H and O–H groups in total. The van der Waals surface area contributed by atoms with Crippen molar-refractivity contribution in [1.82, 2.24) is 20.2 Å². The highest BCUT2D eigenvalue weighted by molar-refractivity contribution is 5.91. The highest BCUT2D eigenvalue weighted by Gasteiger charge is 2.07. The maximum absolute atomic E-state index is 11.7. The van der Waals surface area contributed by atoms with E-state index in [2.05, 4.69) is 20.7 Å². The van der Waals surface area contributed by atoms with Crippen LogP contribution in [0.1, 0.15) is 18.9 Å². The van der Waals surface area contributed by atoms with Crippen LogP contribution >= 0.6 is 0 Å². The third kappa shape index (κ3) is 4.97. The monoisotopic (exact) mass is 350 g/mol. The molecule has 0 aliphatic rings. The highest BCUT2D eigenvalue weighted by Crippen LogP contribution is 2.13. The summed E-state index contributed by atoms with van der Waals surface area (Å²) >= 11 is 0. The Morgan fingerprint density at radius 1 is 1.15 bits per heavy atom. The van der Waals surface area contributed by atoms with E-state index in [0.717, 1.165) is 23.2 Å². The Hall–Kier alpha value is -3.06. The molecule has 0 aliphatic carbocycles. The van der Waals surface area contributed by atoms with E-state index in [0.29, 0.717) is 18.8 Å². The molecule has 0 aliphatic heterocycles. The quantitative estimate of drug-likeness (QED) is 0.681. The van der Waals surface area contributed by atoms with Gasteiger partial charge in [0.25, 0.3) is 0 Å². The van der Waals surface area contributed by atoms with Crippen LogP contribution in [-0.4, -0.2) is 32.2 Å². The summed E-state index contributed by atoms with van der Waals surface area (Å²) in [6.45, 7) is 2.44. The van der Waals surface area contributed by atoms with Crippen LogP contribution in [0.25, 0.3) is 11.4 Å². The molecule has 7 heteroatoms. The van der Waals surface area contributed by atoms with Gasteiger partial charge in [0.2, 0.25) is 11.7 Å². The predicted molar refractivity (Wildman–Crippen MR) is 100 cm³/mol. The van der Waals surface area contributed by atoms with Crippen LogP contribution in [0.3, 0.4) is 0 Å². The molecule has 1 heterocycles.